The minimum Gasteiger partial charge on any atom is -0.336 e. The van der Waals surface area contributed by atoms with Crippen LogP contribution in [-0.4, -0.2) is 20.1 Å². The van der Waals surface area contributed by atoms with Crippen molar-refractivity contribution in [3.05, 3.63) is 53.2 Å². The van der Waals surface area contributed by atoms with Crippen LogP contribution in [0.25, 0.3) is 0 Å². The lowest BCUT2D eigenvalue weighted by molar-refractivity contribution is 0.392. The van der Waals surface area contributed by atoms with Gasteiger partial charge in [-0.05, 0) is 44.1 Å². The highest BCUT2D eigenvalue weighted by molar-refractivity contribution is 7.98. The molecule has 1 N–H and O–H groups in total. The van der Waals surface area contributed by atoms with Gasteiger partial charge in [-0.1, -0.05) is 17.7 Å². The molecule has 7 heteroatoms. The summed E-state index contributed by atoms with van der Waals surface area (Å²) in [6.45, 7) is 5.90. The van der Waals surface area contributed by atoms with Crippen molar-refractivity contribution in [1.29, 1.82) is 0 Å². The third kappa shape index (κ3) is 4.29. The van der Waals surface area contributed by atoms with Crippen molar-refractivity contribution in [3.8, 4) is 0 Å². The minimum atomic E-state index is 0.370. The van der Waals surface area contributed by atoms with Crippen LogP contribution in [0, 0.1) is 20.8 Å². The van der Waals surface area contributed by atoms with E-state index >= 15 is 0 Å². The first-order valence-electron chi connectivity index (χ1n) is 7.20. The zero-order valence-corrected chi connectivity index (χ0v) is 14.0. The number of hydrogen-bond donors (Lipinski definition) is 1. The van der Waals surface area contributed by atoms with Crippen LogP contribution in [0.2, 0.25) is 0 Å². The molecule has 0 saturated heterocycles. The molecule has 0 radical (unpaired) electrons. The minimum absolute atomic E-state index is 0.370. The molecule has 0 aliphatic rings. The van der Waals surface area contributed by atoms with Gasteiger partial charge in [0, 0.05) is 16.3 Å². The van der Waals surface area contributed by atoms with Gasteiger partial charge in [0.25, 0.3) is 5.95 Å². The molecule has 0 spiro atoms. The second kappa shape index (κ2) is 6.78. The van der Waals surface area contributed by atoms with Crippen LogP contribution >= 0.6 is 11.8 Å². The van der Waals surface area contributed by atoms with Gasteiger partial charge in [0.1, 0.15) is 0 Å². The average Bonchev–Trinajstić information content (AvgIpc) is 2.93. The molecule has 3 rings (SSSR count). The fourth-order valence-corrected chi connectivity index (χ4v) is 2.76. The molecule has 0 aliphatic carbocycles. The first kappa shape index (κ1) is 15.5. The van der Waals surface area contributed by atoms with Crippen LogP contribution in [0.1, 0.15) is 22.8 Å². The Morgan fingerprint density at radius 1 is 0.957 bits per heavy atom. The maximum atomic E-state index is 5.24. The van der Waals surface area contributed by atoms with Gasteiger partial charge in [-0.25, -0.2) is 9.97 Å². The number of aryl methyl sites for hydroxylation is 3. The predicted octanol–water partition coefficient (Wildman–Crippen LogP) is 3.82. The number of anilines is 2. The lowest BCUT2D eigenvalue weighted by Crippen LogP contribution is -2.01. The monoisotopic (exact) mass is 327 g/mol. The normalized spacial score (nSPS) is 10.7. The largest absolute Gasteiger partial charge is 0.336 e. The van der Waals surface area contributed by atoms with Crippen molar-refractivity contribution >= 4 is 23.7 Å². The Bertz CT molecular complexity index is 780. The summed E-state index contributed by atoms with van der Waals surface area (Å²) in [6, 6.07) is 10.2. The lowest BCUT2D eigenvalue weighted by Gasteiger charge is -2.01. The Balaban J connectivity index is 1.62. The molecule has 0 saturated carbocycles. The van der Waals surface area contributed by atoms with E-state index in [-0.39, 0.29) is 0 Å². The van der Waals surface area contributed by atoms with Crippen LogP contribution in [0.4, 0.5) is 11.9 Å². The van der Waals surface area contributed by atoms with Crippen LogP contribution in [0.5, 0.6) is 0 Å². The van der Waals surface area contributed by atoms with E-state index in [0.29, 0.717) is 23.5 Å². The number of benzene rings is 1. The zero-order chi connectivity index (χ0) is 16.2. The number of rotatable bonds is 5. The van der Waals surface area contributed by atoms with Gasteiger partial charge in [0.15, 0.2) is 0 Å². The number of thioether (sulfide) groups is 1. The molecular weight excluding hydrogens is 310 g/mol. The number of hydrogen-bond acceptors (Lipinski definition) is 7. The van der Waals surface area contributed by atoms with E-state index in [1.807, 2.05) is 19.9 Å². The molecule has 118 valence electrons. The first-order chi connectivity index (χ1) is 11.1. The highest BCUT2D eigenvalue weighted by Crippen LogP contribution is 2.23. The van der Waals surface area contributed by atoms with Crippen molar-refractivity contribution < 1.29 is 4.52 Å². The van der Waals surface area contributed by atoms with Crippen LogP contribution in [0.3, 0.4) is 0 Å². The Labute approximate surface area is 138 Å². The summed E-state index contributed by atoms with van der Waals surface area (Å²) >= 11 is 1.65. The molecule has 2 heterocycles. The first-order valence-corrected chi connectivity index (χ1v) is 8.18. The van der Waals surface area contributed by atoms with E-state index in [2.05, 4.69) is 56.6 Å². The van der Waals surface area contributed by atoms with Crippen molar-refractivity contribution in [3.63, 3.8) is 0 Å². The van der Waals surface area contributed by atoms with E-state index in [1.54, 1.807) is 11.8 Å². The third-order valence-corrected chi connectivity index (χ3v) is 4.05. The van der Waals surface area contributed by atoms with E-state index in [4.69, 9.17) is 4.52 Å². The summed E-state index contributed by atoms with van der Waals surface area (Å²) in [7, 11) is 0. The van der Waals surface area contributed by atoms with Gasteiger partial charge in [0.2, 0.25) is 11.8 Å². The lowest BCUT2D eigenvalue weighted by atomic mass is 10.2. The standard InChI is InChI=1S/C16H17N5OS/c1-10-4-6-13(7-5-10)23-9-14-19-16(21-22-14)20-15-17-11(2)8-12(3)18-15/h4-8H,9H2,1-3H3,(H,17,18,20,21). The van der Waals surface area contributed by atoms with E-state index in [1.165, 1.54) is 10.5 Å². The molecule has 0 atom stereocenters. The molecule has 3 aromatic rings. The topological polar surface area (TPSA) is 76.7 Å². The predicted molar refractivity (Wildman–Crippen MR) is 89.8 cm³/mol. The maximum Gasteiger partial charge on any atom is 0.270 e. The summed E-state index contributed by atoms with van der Waals surface area (Å²) in [5, 5.41) is 6.87. The number of nitrogens with one attached hydrogen (secondary N) is 1. The second-order valence-corrected chi connectivity index (χ2v) is 6.26. The SMILES string of the molecule is Cc1ccc(SCc2nc(Nc3nc(C)cc(C)n3)no2)cc1. The van der Waals surface area contributed by atoms with Gasteiger partial charge in [-0.2, -0.15) is 4.98 Å². The molecule has 0 aliphatic heterocycles. The van der Waals surface area contributed by atoms with Crippen LogP contribution in [-0.2, 0) is 5.75 Å². The van der Waals surface area contributed by atoms with E-state index in [0.717, 1.165) is 11.4 Å². The molecule has 6 nitrogen and oxygen atoms in total. The molecular formula is C16H17N5OS. The highest BCUT2D eigenvalue weighted by atomic mass is 32.2. The van der Waals surface area contributed by atoms with Crippen molar-refractivity contribution in [1.82, 2.24) is 20.1 Å². The molecule has 0 amide bonds. The summed E-state index contributed by atoms with van der Waals surface area (Å²) in [6.07, 6.45) is 0. The molecule has 0 bridgehead atoms. The zero-order valence-electron chi connectivity index (χ0n) is 13.2. The Kier molecular flexibility index (Phi) is 4.57. The van der Waals surface area contributed by atoms with Crippen LogP contribution < -0.4 is 5.32 Å². The van der Waals surface area contributed by atoms with Gasteiger partial charge in [-0.3, -0.25) is 5.32 Å². The molecule has 2 aromatic heterocycles. The summed E-state index contributed by atoms with van der Waals surface area (Å²) < 4.78 is 5.24. The smallest absolute Gasteiger partial charge is 0.270 e. The molecule has 1 aromatic carbocycles. The summed E-state index contributed by atoms with van der Waals surface area (Å²) in [4.78, 5) is 14.1. The van der Waals surface area contributed by atoms with Crippen LogP contribution in [0.15, 0.2) is 39.8 Å². The van der Waals surface area contributed by atoms with Crippen molar-refractivity contribution in [2.24, 2.45) is 0 Å². The fraction of sp³-hybridized carbons (Fsp3) is 0.250. The maximum absolute atomic E-state index is 5.24. The number of aromatic nitrogens is 4. The highest BCUT2D eigenvalue weighted by Gasteiger charge is 2.09. The van der Waals surface area contributed by atoms with Crippen molar-refractivity contribution in [2.45, 2.75) is 31.4 Å². The third-order valence-electron chi connectivity index (χ3n) is 3.06. The second-order valence-electron chi connectivity index (χ2n) is 5.21. The Hall–Kier alpha value is -2.41. The Morgan fingerprint density at radius 3 is 2.35 bits per heavy atom. The quantitative estimate of drug-likeness (QED) is 0.714. The summed E-state index contributed by atoms with van der Waals surface area (Å²) in [5.74, 6) is 2.02. The molecule has 0 unspecified atom stereocenters. The van der Waals surface area contributed by atoms with Gasteiger partial charge in [0.05, 0.1) is 5.75 Å². The van der Waals surface area contributed by atoms with E-state index in [9.17, 15) is 0 Å². The number of nitrogens with zero attached hydrogens (tertiary/aromatic N) is 4. The van der Waals surface area contributed by atoms with Crippen molar-refractivity contribution in [2.75, 3.05) is 5.32 Å². The van der Waals surface area contributed by atoms with Gasteiger partial charge in [-0.15, -0.1) is 11.8 Å². The van der Waals surface area contributed by atoms with Gasteiger partial charge >= 0.3 is 0 Å². The fourth-order valence-electron chi connectivity index (χ4n) is 2.03. The molecule has 0 fully saturated rings. The summed E-state index contributed by atoms with van der Waals surface area (Å²) in [5.41, 5.74) is 3.02. The Morgan fingerprint density at radius 2 is 1.65 bits per heavy atom. The average molecular weight is 327 g/mol. The van der Waals surface area contributed by atoms with E-state index < -0.39 is 0 Å². The molecule has 23 heavy (non-hydrogen) atoms. The van der Waals surface area contributed by atoms with Gasteiger partial charge < -0.3 is 4.52 Å².